The van der Waals surface area contributed by atoms with Crippen LogP contribution >= 0.6 is 24.0 Å². The Morgan fingerprint density at radius 3 is 2.79 bits per heavy atom. The Balaban J connectivity index is 1.69. The lowest BCUT2D eigenvalue weighted by Gasteiger charge is -2.36. The van der Waals surface area contributed by atoms with Gasteiger partial charge in [0.25, 0.3) is 5.91 Å². The first-order valence-corrected chi connectivity index (χ1v) is 10.6. The van der Waals surface area contributed by atoms with Gasteiger partial charge in [-0.25, -0.2) is 0 Å². The molecule has 0 aliphatic carbocycles. The van der Waals surface area contributed by atoms with Gasteiger partial charge in [0.15, 0.2) is 0 Å². The van der Waals surface area contributed by atoms with E-state index in [2.05, 4.69) is 0 Å². The Morgan fingerprint density at radius 2 is 2.11 bits per heavy atom. The molecular weight excluding hydrogens is 396 g/mol. The molecule has 2 aliphatic heterocycles. The number of nitrogens with zero attached hydrogens (tertiary/aromatic N) is 2. The molecule has 2 amide bonds. The zero-order valence-electron chi connectivity index (χ0n) is 15.8. The van der Waals surface area contributed by atoms with Gasteiger partial charge in [-0.3, -0.25) is 14.5 Å². The van der Waals surface area contributed by atoms with Crippen molar-refractivity contribution in [3.8, 4) is 5.75 Å². The summed E-state index contributed by atoms with van der Waals surface area (Å²) in [4.78, 5) is 29.3. The quantitative estimate of drug-likeness (QED) is 0.564. The Labute approximate surface area is 174 Å². The minimum Gasteiger partial charge on any atom is -0.497 e. The Hall–Kier alpha value is -1.90. The summed E-state index contributed by atoms with van der Waals surface area (Å²) in [6, 6.07) is 7.43. The van der Waals surface area contributed by atoms with Crippen LogP contribution in [0, 0.1) is 0 Å². The van der Waals surface area contributed by atoms with E-state index in [1.54, 1.807) is 18.1 Å². The molecule has 0 aromatic heterocycles. The van der Waals surface area contributed by atoms with E-state index < -0.39 is 0 Å². The van der Waals surface area contributed by atoms with E-state index in [0.29, 0.717) is 22.2 Å². The molecule has 0 bridgehead atoms. The summed E-state index contributed by atoms with van der Waals surface area (Å²) < 4.78 is 5.54. The third-order valence-corrected chi connectivity index (χ3v) is 6.37. The number of carbonyl (C=O) groups is 2. The summed E-state index contributed by atoms with van der Waals surface area (Å²) in [5.41, 5.74) is 0.867. The number of hydrogen-bond acceptors (Lipinski definition) is 6. The van der Waals surface area contributed by atoms with E-state index in [1.165, 1.54) is 16.7 Å². The van der Waals surface area contributed by atoms with Gasteiger partial charge >= 0.3 is 0 Å². The molecule has 150 valence electrons. The third-order valence-electron chi connectivity index (χ3n) is 4.99. The molecule has 8 heteroatoms. The normalized spacial score (nSPS) is 21.5. The number of aliphatic hydroxyl groups excluding tert-OH is 1. The van der Waals surface area contributed by atoms with Crippen LogP contribution in [0.5, 0.6) is 5.75 Å². The molecule has 6 nitrogen and oxygen atoms in total. The van der Waals surface area contributed by atoms with Crippen molar-refractivity contribution in [1.82, 2.24) is 9.80 Å². The van der Waals surface area contributed by atoms with E-state index >= 15 is 0 Å². The SMILES string of the molecule is COc1ccc(/C=C2/SC(=S)N(CC(=O)N3CCCCC3CCO)C2=O)cc1. The molecule has 3 rings (SSSR count). The van der Waals surface area contributed by atoms with E-state index in [9.17, 15) is 14.7 Å². The van der Waals surface area contributed by atoms with Crippen molar-refractivity contribution < 1.29 is 19.4 Å². The second-order valence-corrected chi connectivity index (χ2v) is 8.47. The average molecular weight is 421 g/mol. The Kier molecular flexibility index (Phi) is 7.09. The molecule has 28 heavy (non-hydrogen) atoms. The van der Waals surface area contributed by atoms with Gasteiger partial charge in [-0.1, -0.05) is 36.1 Å². The smallest absolute Gasteiger partial charge is 0.266 e. The van der Waals surface area contributed by atoms with Crippen molar-refractivity contribution >= 4 is 46.2 Å². The molecule has 1 aromatic rings. The molecule has 2 aliphatic rings. The fourth-order valence-electron chi connectivity index (χ4n) is 3.49. The number of likely N-dealkylation sites (tertiary alicyclic amines) is 1. The van der Waals surface area contributed by atoms with Gasteiger partial charge in [0, 0.05) is 19.2 Å². The highest BCUT2D eigenvalue weighted by Crippen LogP contribution is 2.33. The first-order valence-electron chi connectivity index (χ1n) is 9.33. The number of thioether (sulfide) groups is 1. The number of methoxy groups -OCH3 is 1. The minimum absolute atomic E-state index is 0.0412. The predicted molar refractivity (Wildman–Crippen MR) is 114 cm³/mol. The molecule has 1 N–H and O–H groups in total. The lowest BCUT2D eigenvalue weighted by molar-refractivity contribution is -0.138. The van der Waals surface area contributed by atoms with Crippen molar-refractivity contribution in [2.75, 3.05) is 26.8 Å². The van der Waals surface area contributed by atoms with Crippen LogP contribution in [0.4, 0.5) is 0 Å². The van der Waals surface area contributed by atoms with Crippen LogP contribution in [0.15, 0.2) is 29.2 Å². The average Bonchev–Trinajstić information content (AvgIpc) is 2.96. The van der Waals surface area contributed by atoms with Crippen LogP contribution in [0.25, 0.3) is 6.08 Å². The maximum atomic E-state index is 12.8. The number of aliphatic hydroxyl groups is 1. The largest absolute Gasteiger partial charge is 0.497 e. The molecule has 0 spiro atoms. The number of thiocarbonyl (C=S) groups is 1. The van der Waals surface area contributed by atoms with Crippen LogP contribution in [0.1, 0.15) is 31.2 Å². The van der Waals surface area contributed by atoms with Crippen molar-refractivity contribution in [3.05, 3.63) is 34.7 Å². The first-order chi connectivity index (χ1) is 13.5. The zero-order chi connectivity index (χ0) is 20.1. The number of rotatable bonds is 6. The van der Waals surface area contributed by atoms with E-state index in [0.717, 1.165) is 30.6 Å². The van der Waals surface area contributed by atoms with Crippen molar-refractivity contribution in [2.24, 2.45) is 0 Å². The van der Waals surface area contributed by atoms with Crippen LogP contribution in [-0.4, -0.2) is 63.9 Å². The van der Waals surface area contributed by atoms with Crippen molar-refractivity contribution in [2.45, 2.75) is 31.7 Å². The second-order valence-electron chi connectivity index (χ2n) is 6.79. The molecular formula is C20H24N2O4S2. The molecule has 1 aromatic carbocycles. The summed E-state index contributed by atoms with van der Waals surface area (Å²) in [5.74, 6) is 0.393. The molecule has 1 atom stereocenters. The van der Waals surface area contributed by atoms with E-state index in [-0.39, 0.29) is 31.0 Å². The fraction of sp³-hybridized carbons (Fsp3) is 0.450. The van der Waals surface area contributed by atoms with Gasteiger partial charge < -0.3 is 14.7 Å². The van der Waals surface area contributed by atoms with Gasteiger partial charge in [0.1, 0.15) is 16.6 Å². The van der Waals surface area contributed by atoms with Crippen molar-refractivity contribution in [1.29, 1.82) is 0 Å². The monoisotopic (exact) mass is 420 g/mol. The number of piperidine rings is 1. The van der Waals surface area contributed by atoms with E-state index in [1.807, 2.05) is 24.3 Å². The summed E-state index contributed by atoms with van der Waals surface area (Å²) in [5, 5.41) is 9.25. The van der Waals surface area contributed by atoms with Crippen LogP contribution in [0.3, 0.4) is 0 Å². The first kappa shape index (κ1) is 20.8. The molecule has 0 saturated carbocycles. The number of benzene rings is 1. The van der Waals surface area contributed by atoms with Gasteiger partial charge in [-0.15, -0.1) is 0 Å². The van der Waals surface area contributed by atoms with Gasteiger partial charge in [-0.05, 0) is 49.5 Å². The van der Waals surface area contributed by atoms with Gasteiger partial charge in [0.05, 0.1) is 12.0 Å². The van der Waals surface area contributed by atoms with Crippen molar-refractivity contribution in [3.63, 3.8) is 0 Å². The molecule has 2 heterocycles. The summed E-state index contributed by atoms with van der Waals surface area (Å²) >= 11 is 6.56. The maximum absolute atomic E-state index is 12.8. The second kappa shape index (κ2) is 9.54. The maximum Gasteiger partial charge on any atom is 0.266 e. The summed E-state index contributed by atoms with van der Waals surface area (Å²) in [7, 11) is 1.60. The Morgan fingerprint density at radius 1 is 1.36 bits per heavy atom. The highest BCUT2D eigenvalue weighted by molar-refractivity contribution is 8.26. The fourth-order valence-corrected chi connectivity index (χ4v) is 4.75. The summed E-state index contributed by atoms with van der Waals surface area (Å²) in [6.45, 7) is 0.673. The predicted octanol–water partition coefficient (Wildman–Crippen LogP) is 2.66. The molecule has 1 unspecified atom stereocenters. The number of ether oxygens (including phenoxy) is 1. The van der Waals surface area contributed by atoms with Crippen LogP contribution in [0.2, 0.25) is 0 Å². The minimum atomic E-state index is -0.241. The number of carbonyl (C=O) groups excluding carboxylic acids is 2. The molecule has 2 fully saturated rings. The van der Waals surface area contributed by atoms with Gasteiger partial charge in [-0.2, -0.15) is 0 Å². The third kappa shape index (κ3) is 4.74. The summed E-state index contributed by atoms with van der Waals surface area (Å²) in [6.07, 6.45) is 5.24. The zero-order valence-corrected chi connectivity index (χ0v) is 17.4. The number of amides is 2. The van der Waals surface area contributed by atoms with E-state index in [4.69, 9.17) is 17.0 Å². The highest BCUT2D eigenvalue weighted by Gasteiger charge is 2.36. The lowest BCUT2D eigenvalue weighted by atomic mass is 9.99. The Bertz CT molecular complexity index is 777. The molecule has 0 radical (unpaired) electrons. The number of hydrogen-bond donors (Lipinski definition) is 1. The highest BCUT2D eigenvalue weighted by atomic mass is 32.2. The standard InChI is InChI=1S/C20H24N2O4S2/c1-26-16-7-5-14(6-8-16)12-17-19(25)22(20(27)28-17)13-18(24)21-10-3-2-4-15(21)9-11-23/h5-8,12,15,23H,2-4,9-11,13H2,1H3/b17-12+. The molecule has 2 saturated heterocycles. The van der Waals surface area contributed by atoms with Crippen LogP contribution in [-0.2, 0) is 9.59 Å². The van der Waals surface area contributed by atoms with Crippen LogP contribution < -0.4 is 4.74 Å². The lowest BCUT2D eigenvalue weighted by Crippen LogP contribution is -2.49. The van der Waals surface area contributed by atoms with Gasteiger partial charge in [0.2, 0.25) is 5.91 Å². The topological polar surface area (TPSA) is 70.1 Å².